The molecule has 66 valence electrons. The van der Waals surface area contributed by atoms with Crippen LogP contribution >= 0.6 is 11.3 Å². The zero-order valence-electron chi connectivity index (χ0n) is 6.85. The zero-order chi connectivity index (χ0) is 9.42. The van der Waals surface area contributed by atoms with E-state index >= 15 is 0 Å². The van der Waals surface area contributed by atoms with Crippen LogP contribution in [0.4, 0.5) is 5.69 Å². The fourth-order valence-electron chi connectivity index (χ4n) is 1.21. The van der Waals surface area contributed by atoms with E-state index in [4.69, 9.17) is 0 Å². The highest BCUT2D eigenvalue weighted by atomic mass is 32.1. The van der Waals surface area contributed by atoms with Crippen molar-refractivity contribution in [2.45, 2.75) is 6.92 Å². The van der Waals surface area contributed by atoms with E-state index in [2.05, 4.69) is 4.98 Å². The lowest BCUT2D eigenvalue weighted by atomic mass is 10.2. The molecule has 0 bridgehead atoms. The summed E-state index contributed by atoms with van der Waals surface area (Å²) in [7, 11) is 0. The molecule has 0 N–H and O–H groups in total. The average molecular weight is 194 g/mol. The summed E-state index contributed by atoms with van der Waals surface area (Å²) in [5.74, 6) is 0. The van der Waals surface area contributed by atoms with Gasteiger partial charge in [0.05, 0.1) is 15.1 Å². The summed E-state index contributed by atoms with van der Waals surface area (Å²) >= 11 is 1.48. The van der Waals surface area contributed by atoms with E-state index in [1.54, 1.807) is 6.92 Å². The van der Waals surface area contributed by atoms with Crippen molar-refractivity contribution < 1.29 is 4.92 Å². The molecule has 0 saturated heterocycles. The minimum atomic E-state index is -0.401. The molecule has 4 nitrogen and oxygen atoms in total. The average Bonchev–Trinajstić information content (AvgIpc) is 2.52. The molecule has 0 radical (unpaired) electrons. The number of aromatic nitrogens is 1. The Morgan fingerprint density at radius 1 is 1.62 bits per heavy atom. The van der Waals surface area contributed by atoms with Crippen molar-refractivity contribution in [2.75, 3.05) is 0 Å². The lowest BCUT2D eigenvalue weighted by molar-refractivity contribution is -0.385. The van der Waals surface area contributed by atoms with Gasteiger partial charge < -0.3 is 0 Å². The normalized spacial score (nSPS) is 10.5. The van der Waals surface area contributed by atoms with Gasteiger partial charge in [0.25, 0.3) is 5.69 Å². The van der Waals surface area contributed by atoms with Crippen LogP contribution in [-0.4, -0.2) is 9.91 Å². The number of aryl methyl sites for hydroxylation is 1. The third-order valence-electron chi connectivity index (χ3n) is 1.89. The highest BCUT2D eigenvalue weighted by Crippen LogP contribution is 2.28. The van der Waals surface area contributed by atoms with E-state index in [-0.39, 0.29) is 5.69 Å². The molecule has 2 aromatic heterocycles. The predicted molar refractivity (Wildman–Crippen MR) is 51.0 cm³/mol. The molecule has 0 atom stereocenters. The molecule has 0 aliphatic carbocycles. The predicted octanol–water partition coefficient (Wildman–Crippen LogP) is 2.51. The molecule has 0 aliphatic heterocycles. The molecule has 0 fully saturated rings. The Bertz CT molecular complexity index is 478. The first-order valence-electron chi connectivity index (χ1n) is 3.67. The fraction of sp³-hybridized carbons (Fsp3) is 0.125. The first-order chi connectivity index (χ1) is 6.20. The molecule has 2 rings (SSSR count). The lowest BCUT2D eigenvalue weighted by Gasteiger charge is -1.96. The number of thiophene rings is 1. The van der Waals surface area contributed by atoms with E-state index in [0.29, 0.717) is 5.56 Å². The van der Waals surface area contributed by atoms with Crippen molar-refractivity contribution in [1.82, 2.24) is 4.98 Å². The van der Waals surface area contributed by atoms with Crippen LogP contribution in [-0.2, 0) is 0 Å². The largest absolute Gasteiger partial charge is 0.291 e. The van der Waals surface area contributed by atoms with E-state index in [9.17, 15) is 10.1 Å². The number of hydrogen-bond acceptors (Lipinski definition) is 4. The highest BCUT2D eigenvalue weighted by molar-refractivity contribution is 7.17. The second-order valence-electron chi connectivity index (χ2n) is 2.66. The molecule has 0 amide bonds. The Kier molecular flexibility index (Phi) is 1.73. The summed E-state index contributed by atoms with van der Waals surface area (Å²) in [6, 6.07) is 1.86. The highest BCUT2D eigenvalue weighted by Gasteiger charge is 2.14. The molecule has 0 unspecified atom stereocenters. The minimum Gasteiger partial charge on any atom is -0.258 e. The van der Waals surface area contributed by atoms with Gasteiger partial charge in [-0.05, 0) is 18.4 Å². The summed E-state index contributed by atoms with van der Waals surface area (Å²) < 4.78 is 0.897. The van der Waals surface area contributed by atoms with Crippen LogP contribution in [0.15, 0.2) is 17.6 Å². The molecule has 5 heteroatoms. The third kappa shape index (κ3) is 1.17. The van der Waals surface area contributed by atoms with Crippen LogP contribution in [0.3, 0.4) is 0 Å². The van der Waals surface area contributed by atoms with Crippen molar-refractivity contribution >= 4 is 27.2 Å². The molecular formula is C8H6N2O2S. The smallest absolute Gasteiger partial charge is 0.258 e. The van der Waals surface area contributed by atoms with Gasteiger partial charge in [-0.2, -0.15) is 0 Å². The first-order valence-corrected chi connectivity index (χ1v) is 4.55. The fourth-order valence-corrected chi connectivity index (χ4v) is 2.07. The quantitative estimate of drug-likeness (QED) is 0.517. The van der Waals surface area contributed by atoms with Gasteiger partial charge in [0.2, 0.25) is 0 Å². The second kappa shape index (κ2) is 2.77. The van der Waals surface area contributed by atoms with Crippen LogP contribution in [0.25, 0.3) is 10.2 Å². The van der Waals surface area contributed by atoms with Crippen LogP contribution in [0.2, 0.25) is 0 Å². The van der Waals surface area contributed by atoms with Gasteiger partial charge in [-0.15, -0.1) is 11.3 Å². The summed E-state index contributed by atoms with van der Waals surface area (Å²) in [5.41, 5.74) is 1.62. The number of hydrogen-bond donors (Lipinski definition) is 0. The van der Waals surface area contributed by atoms with Gasteiger partial charge in [0.1, 0.15) is 6.20 Å². The number of pyridine rings is 1. The maximum atomic E-state index is 10.6. The van der Waals surface area contributed by atoms with Crippen molar-refractivity contribution in [3.63, 3.8) is 0 Å². The van der Waals surface area contributed by atoms with E-state index < -0.39 is 4.92 Å². The van der Waals surface area contributed by atoms with Crippen molar-refractivity contribution in [2.24, 2.45) is 0 Å². The number of nitrogens with zero attached hydrogens (tertiary/aromatic N) is 2. The van der Waals surface area contributed by atoms with Crippen LogP contribution in [0.1, 0.15) is 5.56 Å². The molecule has 0 aromatic carbocycles. The van der Waals surface area contributed by atoms with Crippen molar-refractivity contribution in [3.05, 3.63) is 33.3 Å². The van der Waals surface area contributed by atoms with Crippen molar-refractivity contribution in [3.8, 4) is 0 Å². The first kappa shape index (κ1) is 8.12. The Morgan fingerprint density at radius 3 is 3.08 bits per heavy atom. The minimum absolute atomic E-state index is 0.0925. The summed E-state index contributed by atoms with van der Waals surface area (Å²) in [5, 5.41) is 12.4. The summed E-state index contributed by atoms with van der Waals surface area (Å²) in [6.07, 6.45) is 1.31. The van der Waals surface area contributed by atoms with Gasteiger partial charge in [0, 0.05) is 5.56 Å². The van der Waals surface area contributed by atoms with E-state index in [1.807, 2.05) is 11.4 Å². The third-order valence-corrected chi connectivity index (χ3v) is 2.92. The van der Waals surface area contributed by atoms with Crippen LogP contribution < -0.4 is 0 Å². The molecular weight excluding hydrogens is 188 g/mol. The standard InChI is InChI=1S/C8H6N2O2S/c1-5-7(10(11)12)4-9-6-2-3-13-8(5)6/h2-4H,1H3. The molecule has 2 aromatic rings. The lowest BCUT2D eigenvalue weighted by Crippen LogP contribution is -1.92. The summed E-state index contributed by atoms with van der Waals surface area (Å²) in [6.45, 7) is 1.75. The van der Waals surface area contributed by atoms with E-state index in [0.717, 1.165) is 10.2 Å². The Labute approximate surface area is 78.0 Å². The Balaban J connectivity index is 2.80. The van der Waals surface area contributed by atoms with E-state index in [1.165, 1.54) is 17.5 Å². The zero-order valence-corrected chi connectivity index (χ0v) is 7.67. The molecule has 0 spiro atoms. The monoisotopic (exact) mass is 194 g/mol. The molecule has 0 aliphatic rings. The molecule has 0 saturated carbocycles. The maximum absolute atomic E-state index is 10.6. The number of rotatable bonds is 1. The second-order valence-corrected chi connectivity index (χ2v) is 3.58. The maximum Gasteiger partial charge on any atom is 0.291 e. The number of nitro groups is 1. The summed E-state index contributed by atoms with van der Waals surface area (Å²) in [4.78, 5) is 14.1. The van der Waals surface area contributed by atoms with Crippen molar-refractivity contribution in [1.29, 1.82) is 0 Å². The Morgan fingerprint density at radius 2 is 2.38 bits per heavy atom. The van der Waals surface area contributed by atoms with Gasteiger partial charge >= 0.3 is 0 Å². The Hall–Kier alpha value is -1.49. The molecule has 2 heterocycles. The van der Waals surface area contributed by atoms with Gasteiger partial charge in [-0.1, -0.05) is 0 Å². The molecule has 13 heavy (non-hydrogen) atoms. The van der Waals surface area contributed by atoms with Gasteiger partial charge in [-0.25, -0.2) is 4.98 Å². The van der Waals surface area contributed by atoms with Crippen LogP contribution in [0.5, 0.6) is 0 Å². The SMILES string of the molecule is Cc1c([N+](=O)[O-])cnc2ccsc12. The van der Waals surface area contributed by atoms with Crippen LogP contribution in [0, 0.1) is 17.0 Å². The topological polar surface area (TPSA) is 56.0 Å². The van der Waals surface area contributed by atoms with Gasteiger partial charge in [-0.3, -0.25) is 10.1 Å². The number of fused-ring (bicyclic) bond motifs is 1. The van der Waals surface area contributed by atoms with Gasteiger partial charge in [0.15, 0.2) is 0 Å².